The number of allylic oxidation sites excluding steroid dienone is 1. The molecule has 5 rings (SSSR count). The molecule has 1 aromatic rings. The zero-order valence-electron chi connectivity index (χ0n) is 22.3. The van der Waals surface area contributed by atoms with Gasteiger partial charge in [0.25, 0.3) is 5.91 Å². The molecule has 1 unspecified atom stereocenters. The van der Waals surface area contributed by atoms with Gasteiger partial charge in [-0.3, -0.25) is 14.4 Å². The summed E-state index contributed by atoms with van der Waals surface area (Å²) in [7, 11) is 1.57. The fraction of sp³-hybridized carbons (Fsp3) is 0.552. The van der Waals surface area contributed by atoms with Crippen molar-refractivity contribution in [2.75, 3.05) is 31.8 Å². The minimum Gasteiger partial charge on any atom is -0.497 e. The van der Waals surface area contributed by atoms with Gasteiger partial charge in [0.1, 0.15) is 23.3 Å². The highest BCUT2D eigenvalue weighted by molar-refractivity contribution is 6.05. The quantitative estimate of drug-likeness (QED) is 0.466. The van der Waals surface area contributed by atoms with Crippen LogP contribution >= 0.6 is 0 Å². The van der Waals surface area contributed by atoms with Crippen LogP contribution in [0.2, 0.25) is 0 Å². The van der Waals surface area contributed by atoms with Crippen molar-refractivity contribution in [1.29, 1.82) is 0 Å². The van der Waals surface area contributed by atoms with Gasteiger partial charge in [0, 0.05) is 12.2 Å². The lowest BCUT2D eigenvalue weighted by atomic mass is 9.74. The van der Waals surface area contributed by atoms with Gasteiger partial charge in [0.15, 0.2) is 0 Å². The van der Waals surface area contributed by atoms with E-state index in [1.807, 2.05) is 32.1 Å². The van der Waals surface area contributed by atoms with Gasteiger partial charge in [0.2, 0.25) is 5.91 Å². The van der Waals surface area contributed by atoms with E-state index in [9.17, 15) is 19.5 Å². The minimum absolute atomic E-state index is 0.145. The van der Waals surface area contributed by atoms with Crippen LogP contribution in [0.15, 0.2) is 48.6 Å². The van der Waals surface area contributed by atoms with E-state index >= 15 is 0 Å². The molecule has 9 nitrogen and oxygen atoms in total. The number of methoxy groups -OCH3 is 1. The fourth-order valence-corrected chi connectivity index (χ4v) is 6.55. The van der Waals surface area contributed by atoms with Crippen molar-refractivity contribution in [2.24, 2.45) is 17.8 Å². The molecule has 1 aromatic carbocycles. The summed E-state index contributed by atoms with van der Waals surface area (Å²) in [6.45, 7) is 5.77. The number of carbonyl (C=O) groups excluding carboxylic acids is 3. The van der Waals surface area contributed by atoms with E-state index in [-0.39, 0.29) is 37.5 Å². The van der Waals surface area contributed by atoms with Gasteiger partial charge >= 0.3 is 5.97 Å². The lowest BCUT2D eigenvalue weighted by molar-refractivity contribution is -0.160. The van der Waals surface area contributed by atoms with Crippen molar-refractivity contribution < 1.29 is 33.7 Å². The second kappa shape index (κ2) is 9.85. The third-order valence-corrected chi connectivity index (χ3v) is 8.39. The largest absolute Gasteiger partial charge is 0.497 e. The van der Waals surface area contributed by atoms with Crippen LogP contribution < -0.4 is 9.64 Å². The molecule has 38 heavy (non-hydrogen) atoms. The Hall–Kier alpha value is -3.17. The van der Waals surface area contributed by atoms with Crippen molar-refractivity contribution in [3.8, 4) is 5.75 Å². The average Bonchev–Trinajstić information content (AvgIpc) is 3.24. The summed E-state index contributed by atoms with van der Waals surface area (Å²) in [5.74, 6) is -2.61. The second-order valence-corrected chi connectivity index (χ2v) is 11.0. The van der Waals surface area contributed by atoms with Crippen LogP contribution in [-0.2, 0) is 23.9 Å². The molecule has 4 aliphatic heterocycles. The third kappa shape index (κ3) is 3.94. The van der Waals surface area contributed by atoms with Crippen LogP contribution in [-0.4, -0.2) is 77.9 Å². The number of fused-ring (bicyclic) bond motifs is 2. The standard InChI is InChI=1S/C29H36N2O7/c1-18(2)21(17-32)31-24-26(34)30(19-9-11-20(36-4)12-10-19)15-8-14-29(24)22(25(31)33)23-27(35)37-16-7-5-6-13-28(23,3)38-29/h6,8-14,18,21-24,32H,5,7,15-17H2,1-4H3/b13-6-/t21-,22-,23+,24?,28-,29-/m0/s1. The highest BCUT2D eigenvalue weighted by Crippen LogP contribution is 2.57. The first-order chi connectivity index (χ1) is 18.2. The monoisotopic (exact) mass is 524 g/mol. The number of carbonyl (C=O) groups is 3. The van der Waals surface area contributed by atoms with Crippen molar-refractivity contribution in [3.63, 3.8) is 0 Å². The molecule has 1 spiro atoms. The maximum Gasteiger partial charge on any atom is 0.313 e. The van der Waals surface area contributed by atoms with Crippen molar-refractivity contribution in [1.82, 2.24) is 4.90 Å². The van der Waals surface area contributed by atoms with E-state index in [0.29, 0.717) is 24.3 Å². The van der Waals surface area contributed by atoms with Crippen LogP contribution in [0.4, 0.5) is 5.69 Å². The van der Waals surface area contributed by atoms with Gasteiger partial charge in [-0.15, -0.1) is 0 Å². The van der Waals surface area contributed by atoms with E-state index in [2.05, 4.69) is 0 Å². The maximum atomic E-state index is 14.5. The predicted octanol–water partition coefficient (Wildman–Crippen LogP) is 2.48. The van der Waals surface area contributed by atoms with Crippen molar-refractivity contribution in [2.45, 2.75) is 56.9 Å². The van der Waals surface area contributed by atoms with Crippen LogP contribution in [0.25, 0.3) is 0 Å². The predicted molar refractivity (Wildman–Crippen MR) is 139 cm³/mol. The number of benzene rings is 1. The zero-order chi connectivity index (χ0) is 27.2. The van der Waals surface area contributed by atoms with E-state index in [0.717, 1.165) is 0 Å². The Balaban J connectivity index is 1.67. The fourth-order valence-electron chi connectivity index (χ4n) is 6.55. The summed E-state index contributed by atoms with van der Waals surface area (Å²) in [6, 6.07) is 5.42. The number of esters is 1. The van der Waals surface area contributed by atoms with Gasteiger partial charge in [-0.1, -0.05) is 38.2 Å². The molecular formula is C29H36N2O7. The lowest BCUT2D eigenvalue weighted by Crippen LogP contribution is -2.59. The highest BCUT2D eigenvalue weighted by atomic mass is 16.6. The molecular weight excluding hydrogens is 488 g/mol. The number of aliphatic hydroxyl groups excluding tert-OH is 1. The molecule has 0 aromatic heterocycles. The number of ether oxygens (including phenoxy) is 3. The van der Waals surface area contributed by atoms with Crippen molar-refractivity contribution in [3.05, 3.63) is 48.6 Å². The molecule has 2 fully saturated rings. The zero-order valence-corrected chi connectivity index (χ0v) is 22.3. The smallest absolute Gasteiger partial charge is 0.313 e. The molecule has 2 amide bonds. The Kier molecular flexibility index (Phi) is 6.86. The van der Waals surface area contributed by atoms with Crippen LogP contribution in [0, 0.1) is 17.8 Å². The summed E-state index contributed by atoms with van der Waals surface area (Å²) in [5, 5.41) is 10.4. The van der Waals surface area contributed by atoms with Gasteiger partial charge in [0.05, 0.1) is 37.9 Å². The number of hydrogen-bond acceptors (Lipinski definition) is 7. The van der Waals surface area contributed by atoms with Gasteiger partial charge in [-0.05, 0) is 49.9 Å². The first kappa shape index (κ1) is 26.4. The first-order valence-electron chi connectivity index (χ1n) is 13.3. The first-order valence-corrected chi connectivity index (χ1v) is 13.3. The number of anilines is 1. The molecule has 0 radical (unpaired) electrons. The Morgan fingerprint density at radius 1 is 1.08 bits per heavy atom. The number of amides is 2. The molecule has 6 atom stereocenters. The van der Waals surface area contributed by atoms with Crippen molar-refractivity contribution >= 4 is 23.5 Å². The number of hydrogen-bond donors (Lipinski definition) is 1. The lowest BCUT2D eigenvalue weighted by Gasteiger charge is -2.41. The summed E-state index contributed by atoms with van der Waals surface area (Å²) in [6.07, 6.45) is 8.82. The SMILES string of the molecule is COc1ccc(N2CC=C[C@]34O[C@@]5(C)/C=C\CCCOC(=O)[C@H]5[C@H]3C(=O)N([C@@H](CO)C(C)C)C4C2=O)cc1. The average molecular weight is 525 g/mol. The van der Waals surface area contributed by atoms with Gasteiger partial charge in [-0.25, -0.2) is 0 Å². The van der Waals surface area contributed by atoms with E-state index in [1.165, 1.54) is 4.90 Å². The summed E-state index contributed by atoms with van der Waals surface area (Å²) >= 11 is 0. The van der Waals surface area contributed by atoms with E-state index < -0.39 is 41.1 Å². The van der Waals surface area contributed by atoms with Crippen LogP contribution in [0.1, 0.15) is 33.6 Å². The number of aliphatic hydroxyl groups is 1. The summed E-state index contributed by atoms with van der Waals surface area (Å²) < 4.78 is 17.7. The molecule has 0 saturated carbocycles. The Morgan fingerprint density at radius 2 is 1.82 bits per heavy atom. The Labute approximate surface area is 223 Å². The number of rotatable bonds is 5. The topological polar surface area (TPSA) is 106 Å². The highest BCUT2D eigenvalue weighted by Gasteiger charge is 2.75. The van der Waals surface area contributed by atoms with E-state index in [1.54, 1.807) is 49.3 Å². The molecule has 4 aliphatic rings. The maximum absolute atomic E-state index is 14.5. The Morgan fingerprint density at radius 3 is 2.47 bits per heavy atom. The second-order valence-electron chi connectivity index (χ2n) is 11.0. The normalized spacial score (nSPS) is 34.5. The summed E-state index contributed by atoms with van der Waals surface area (Å²) in [4.78, 5) is 45.4. The molecule has 1 N–H and O–H groups in total. The van der Waals surface area contributed by atoms with Gasteiger partial charge in [-0.2, -0.15) is 0 Å². The third-order valence-electron chi connectivity index (χ3n) is 8.39. The molecule has 9 heteroatoms. The Bertz CT molecular complexity index is 1160. The molecule has 204 valence electrons. The minimum atomic E-state index is -1.40. The van der Waals surface area contributed by atoms with E-state index in [4.69, 9.17) is 14.2 Å². The molecule has 0 aliphatic carbocycles. The van der Waals surface area contributed by atoms with Gasteiger partial charge < -0.3 is 29.1 Å². The molecule has 2 saturated heterocycles. The number of nitrogens with zero attached hydrogens (tertiary/aromatic N) is 2. The summed E-state index contributed by atoms with van der Waals surface area (Å²) in [5.41, 5.74) is -1.90. The molecule has 4 heterocycles. The van der Waals surface area contributed by atoms with Crippen LogP contribution in [0.3, 0.4) is 0 Å². The van der Waals surface area contributed by atoms with Crippen LogP contribution in [0.5, 0.6) is 5.75 Å². The number of cyclic esters (lactones) is 1. The number of likely N-dealkylation sites (tertiary alicyclic amines) is 1. The molecule has 0 bridgehead atoms.